The number of rotatable bonds is 6. The molecular weight excluding hydrogens is 558 g/mol. The van der Waals surface area contributed by atoms with Crippen LogP contribution < -0.4 is 15.0 Å². The SMILES string of the molecule is COc1cc(C)c(-c2nc3ccccc3c(=O)n2N=Cc2cc(Cl)cc(Br)c2OC(C)=O)cc1C(C)C. The van der Waals surface area contributed by atoms with E-state index in [9.17, 15) is 9.59 Å². The summed E-state index contributed by atoms with van der Waals surface area (Å²) in [5, 5.41) is 5.35. The molecule has 0 aliphatic rings. The van der Waals surface area contributed by atoms with Crippen LogP contribution in [0.3, 0.4) is 0 Å². The zero-order valence-corrected chi connectivity index (χ0v) is 23.3. The number of carbonyl (C=O) groups excluding carboxylic acids is 1. The Bertz CT molecular complexity index is 1610. The molecule has 7 nitrogen and oxygen atoms in total. The fourth-order valence-electron chi connectivity index (χ4n) is 4.02. The van der Waals surface area contributed by atoms with E-state index in [4.69, 9.17) is 26.1 Å². The highest BCUT2D eigenvalue weighted by molar-refractivity contribution is 9.10. The second-order valence-electron chi connectivity index (χ2n) is 8.78. The number of benzene rings is 3. The van der Waals surface area contributed by atoms with Gasteiger partial charge in [0.25, 0.3) is 5.56 Å². The molecule has 9 heteroatoms. The predicted molar refractivity (Wildman–Crippen MR) is 150 cm³/mol. The van der Waals surface area contributed by atoms with Crippen LogP contribution >= 0.6 is 27.5 Å². The average Bonchev–Trinajstić information content (AvgIpc) is 2.84. The highest BCUT2D eigenvalue weighted by atomic mass is 79.9. The minimum Gasteiger partial charge on any atom is -0.496 e. The molecule has 0 saturated carbocycles. The van der Waals surface area contributed by atoms with E-state index in [1.807, 2.05) is 25.1 Å². The molecule has 0 unspecified atom stereocenters. The van der Waals surface area contributed by atoms with E-state index >= 15 is 0 Å². The van der Waals surface area contributed by atoms with Crippen LogP contribution in [0.4, 0.5) is 0 Å². The van der Waals surface area contributed by atoms with Gasteiger partial charge in [-0.1, -0.05) is 37.6 Å². The monoisotopic (exact) mass is 581 g/mol. The number of hydrogen-bond donors (Lipinski definition) is 0. The third-order valence-corrected chi connectivity index (χ3v) is 6.60. The highest BCUT2D eigenvalue weighted by Crippen LogP contribution is 2.35. The van der Waals surface area contributed by atoms with Gasteiger partial charge in [0.05, 0.1) is 28.7 Å². The number of nitrogens with zero attached hydrogens (tertiary/aromatic N) is 3. The van der Waals surface area contributed by atoms with E-state index < -0.39 is 5.97 Å². The lowest BCUT2D eigenvalue weighted by Gasteiger charge is -2.17. The molecule has 0 aliphatic carbocycles. The summed E-state index contributed by atoms with van der Waals surface area (Å²) in [5.74, 6) is 1.06. The first-order chi connectivity index (χ1) is 17.6. The van der Waals surface area contributed by atoms with E-state index in [0.717, 1.165) is 22.4 Å². The first-order valence-corrected chi connectivity index (χ1v) is 12.7. The van der Waals surface area contributed by atoms with E-state index in [2.05, 4.69) is 34.9 Å². The van der Waals surface area contributed by atoms with Gasteiger partial charge in [-0.25, -0.2) is 4.98 Å². The Morgan fingerprint density at radius 1 is 1.19 bits per heavy atom. The predicted octanol–water partition coefficient (Wildman–Crippen LogP) is 6.73. The van der Waals surface area contributed by atoms with Crippen LogP contribution in [0.2, 0.25) is 5.02 Å². The molecule has 0 radical (unpaired) electrons. The van der Waals surface area contributed by atoms with Crippen LogP contribution in [-0.2, 0) is 4.79 Å². The van der Waals surface area contributed by atoms with Crippen molar-refractivity contribution in [2.24, 2.45) is 5.10 Å². The molecule has 0 aliphatic heterocycles. The number of methoxy groups -OCH3 is 1. The first-order valence-electron chi connectivity index (χ1n) is 11.5. The molecule has 0 spiro atoms. The number of fused-ring (bicyclic) bond motifs is 1. The van der Waals surface area contributed by atoms with Crippen molar-refractivity contribution < 1.29 is 14.3 Å². The maximum atomic E-state index is 13.7. The van der Waals surface area contributed by atoms with E-state index in [0.29, 0.717) is 31.8 Å². The topological polar surface area (TPSA) is 82.8 Å². The zero-order chi connectivity index (χ0) is 26.9. The van der Waals surface area contributed by atoms with E-state index in [-0.39, 0.29) is 17.2 Å². The zero-order valence-electron chi connectivity index (χ0n) is 21.0. The Morgan fingerprint density at radius 2 is 1.92 bits per heavy atom. The molecule has 1 heterocycles. The summed E-state index contributed by atoms with van der Waals surface area (Å²) < 4.78 is 12.7. The number of ether oxygens (including phenoxy) is 2. The number of esters is 1. The first kappa shape index (κ1) is 26.6. The molecule has 3 aromatic carbocycles. The molecule has 0 atom stereocenters. The van der Waals surface area contributed by atoms with Gasteiger partial charge in [-0.2, -0.15) is 9.78 Å². The quantitative estimate of drug-likeness (QED) is 0.143. The summed E-state index contributed by atoms with van der Waals surface area (Å²) in [6, 6.07) is 14.3. The maximum absolute atomic E-state index is 13.7. The number of carbonyl (C=O) groups is 1. The molecule has 1 aromatic heterocycles. The molecule has 0 amide bonds. The summed E-state index contributed by atoms with van der Waals surface area (Å²) in [6.45, 7) is 7.38. The Balaban J connectivity index is 2.00. The van der Waals surface area contributed by atoms with Crippen molar-refractivity contribution in [2.75, 3.05) is 7.11 Å². The van der Waals surface area contributed by atoms with Crippen molar-refractivity contribution in [3.05, 3.63) is 85.1 Å². The number of halogens is 2. The lowest BCUT2D eigenvalue weighted by atomic mass is 9.96. The Morgan fingerprint density at radius 3 is 2.59 bits per heavy atom. The standard InChI is InChI=1S/C28H25BrClN3O4/c1-15(2)21-13-22(16(3)10-25(21)36-5)27-32-24-9-7-6-8-20(24)28(35)33(27)31-14-18-11-19(30)12-23(29)26(18)37-17(4)34/h6-15H,1-5H3. The van der Waals surface area contributed by atoms with Gasteiger partial charge in [-0.15, -0.1) is 0 Å². The van der Waals surface area contributed by atoms with Crippen LogP contribution in [0, 0.1) is 6.92 Å². The maximum Gasteiger partial charge on any atom is 0.308 e. The normalized spacial score (nSPS) is 11.5. The second-order valence-corrected chi connectivity index (χ2v) is 10.1. The molecule has 0 bridgehead atoms. The summed E-state index contributed by atoms with van der Waals surface area (Å²) >= 11 is 9.63. The lowest BCUT2D eigenvalue weighted by molar-refractivity contribution is -0.131. The molecule has 37 heavy (non-hydrogen) atoms. The highest BCUT2D eigenvalue weighted by Gasteiger charge is 2.19. The largest absolute Gasteiger partial charge is 0.496 e. The molecule has 0 N–H and O–H groups in total. The van der Waals surface area contributed by atoms with Crippen molar-refractivity contribution in [3.63, 3.8) is 0 Å². The lowest BCUT2D eigenvalue weighted by Crippen LogP contribution is -2.21. The second kappa shape index (κ2) is 10.9. The average molecular weight is 583 g/mol. The minimum atomic E-state index is -0.502. The van der Waals surface area contributed by atoms with Gasteiger partial charge in [0.2, 0.25) is 0 Å². The molecule has 4 aromatic rings. The Hall–Kier alpha value is -3.49. The van der Waals surface area contributed by atoms with Gasteiger partial charge >= 0.3 is 5.97 Å². The summed E-state index contributed by atoms with van der Waals surface area (Å²) in [7, 11) is 1.64. The van der Waals surface area contributed by atoms with Gasteiger partial charge in [-0.05, 0) is 76.3 Å². The minimum absolute atomic E-state index is 0.175. The number of aromatic nitrogens is 2. The number of aryl methyl sites for hydroxylation is 1. The van der Waals surface area contributed by atoms with Gasteiger partial charge in [-0.3, -0.25) is 9.59 Å². The summed E-state index contributed by atoms with van der Waals surface area (Å²) in [5.41, 5.74) is 3.23. The smallest absolute Gasteiger partial charge is 0.308 e. The Kier molecular flexibility index (Phi) is 7.80. The van der Waals surface area contributed by atoms with Crippen LogP contribution in [0.5, 0.6) is 11.5 Å². The Labute approximate surface area is 227 Å². The van der Waals surface area contributed by atoms with Crippen molar-refractivity contribution in [3.8, 4) is 22.9 Å². The van der Waals surface area contributed by atoms with Crippen LogP contribution in [0.1, 0.15) is 43.4 Å². The van der Waals surface area contributed by atoms with E-state index in [1.54, 1.807) is 37.4 Å². The van der Waals surface area contributed by atoms with Gasteiger partial charge in [0.15, 0.2) is 11.6 Å². The van der Waals surface area contributed by atoms with Crippen molar-refractivity contribution >= 4 is 50.6 Å². The third kappa shape index (κ3) is 5.45. The fourth-order valence-corrected chi connectivity index (χ4v) is 4.93. The van der Waals surface area contributed by atoms with Gasteiger partial charge in [0.1, 0.15) is 5.75 Å². The summed E-state index contributed by atoms with van der Waals surface area (Å²) in [6.07, 6.45) is 1.43. The third-order valence-electron chi connectivity index (χ3n) is 5.79. The van der Waals surface area contributed by atoms with Gasteiger partial charge < -0.3 is 9.47 Å². The van der Waals surface area contributed by atoms with Crippen LogP contribution in [0.15, 0.2) is 62.9 Å². The van der Waals surface area contributed by atoms with Crippen LogP contribution in [0.25, 0.3) is 22.3 Å². The molecule has 4 rings (SSSR count). The van der Waals surface area contributed by atoms with Crippen molar-refractivity contribution in [1.29, 1.82) is 0 Å². The molecule has 190 valence electrons. The van der Waals surface area contributed by atoms with E-state index in [1.165, 1.54) is 17.8 Å². The molecule has 0 fully saturated rings. The van der Waals surface area contributed by atoms with Crippen molar-refractivity contribution in [2.45, 2.75) is 33.6 Å². The van der Waals surface area contributed by atoms with Crippen LogP contribution in [-0.4, -0.2) is 29.0 Å². The molecule has 0 saturated heterocycles. The molecular formula is C28H25BrClN3O4. The number of hydrogen-bond acceptors (Lipinski definition) is 6. The summed E-state index contributed by atoms with van der Waals surface area (Å²) in [4.78, 5) is 30.2. The number of para-hydroxylation sites is 1. The van der Waals surface area contributed by atoms with Crippen molar-refractivity contribution in [1.82, 2.24) is 9.66 Å². The fraction of sp³-hybridized carbons (Fsp3) is 0.214. The van der Waals surface area contributed by atoms with Gasteiger partial charge in [0, 0.05) is 23.1 Å².